The maximum absolute atomic E-state index is 12.5. The van der Waals surface area contributed by atoms with Crippen molar-refractivity contribution < 1.29 is 24.1 Å². The van der Waals surface area contributed by atoms with E-state index in [9.17, 15) is 9.90 Å². The first-order valence-electron chi connectivity index (χ1n) is 8.20. The van der Waals surface area contributed by atoms with Crippen LogP contribution in [0, 0.1) is 11.8 Å². The van der Waals surface area contributed by atoms with Gasteiger partial charge in [-0.05, 0) is 36.8 Å². The molecule has 23 heavy (non-hydrogen) atoms. The number of phenolic OH excluding ortho intramolecular Hbond substituents is 1. The maximum Gasteiger partial charge on any atom is 0.267 e. The Balaban J connectivity index is 1.34. The Hall–Kier alpha value is -1.95. The SMILES string of the molecule is O=C(C1COc2ccc(O)cc2O1)N1CC(C2CCOCC2)C1. The minimum atomic E-state index is -0.625. The molecule has 0 saturated carbocycles. The number of phenols is 1. The summed E-state index contributed by atoms with van der Waals surface area (Å²) in [6.07, 6.45) is 1.57. The van der Waals surface area contributed by atoms with E-state index in [1.54, 1.807) is 6.07 Å². The number of carbonyl (C=O) groups is 1. The zero-order valence-electron chi connectivity index (χ0n) is 12.9. The maximum atomic E-state index is 12.5. The summed E-state index contributed by atoms with van der Waals surface area (Å²) in [6.45, 7) is 3.51. The van der Waals surface area contributed by atoms with Gasteiger partial charge in [-0.2, -0.15) is 0 Å². The first kappa shape index (κ1) is 14.6. The van der Waals surface area contributed by atoms with Crippen molar-refractivity contribution in [3.8, 4) is 17.2 Å². The summed E-state index contributed by atoms with van der Waals surface area (Å²) in [5.74, 6) is 2.33. The van der Waals surface area contributed by atoms with Crippen LogP contribution in [-0.4, -0.2) is 54.9 Å². The molecule has 0 aromatic heterocycles. The minimum absolute atomic E-state index is 0.0256. The summed E-state index contributed by atoms with van der Waals surface area (Å²) in [7, 11) is 0. The van der Waals surface area contributed by atoms with Crippen molar-refractivity contribution in [1.82, 2.24) is 4.90 Å². The van der Waals surface area contributed by atoms with Gasteiger partial charge in [-0.15, -0.1) is 0 Å². The quantitative estimate of drug-likeness (QED) is 0.893. The number of amides is 1. The van der Waals surface area contributed by atoms with Gasteiger partial charge in [-0.3, -0.25) is 4.79 Å². The highest BCUT2D eigenvalue weighted by Gasteiger charge is 2.40. The second-order valence-corrected chi connectivity index (χ2v) is 6.50. The number of likely N-dealkylation sites (tertiary alicyclic amines) is 1. The van der Waals surface area contributed by atoms with Gasteiger partial charge in [0.05, 0.1) is 0 Å². The number of hydrogen-bond donors (Lipinski definition) is 1. The van der Waals surface area contributed by atoms with Gasteiger partial charge in [-0.1, -0.05) is 0 Å². The molecule has 0 radical (unpaired) electrons. The summed E-state index contributed by atoms with van der Waals surface area (Å²) < 4.78 is 16.7. The Labute approximate surface area is 134 Å². The third-order valence-electron chi connectivity index (χ3n) is 5.02. The van der Waals surface area contributed by atoms with Gasteiger partial charge in [0.15, 0.2) is 11.5 Å². The number of nitrogens with zero attached hydrogens (tertiary/aromatic N) is 1. The molecular weight excluding hydrogens is 298 g/mol. The van der Waals surface area contributed by atoms with Crippen molar-refractivity contribution in [3.63, 3.8) is 0 Å². The minimum Gasteiger partial charge on any atom is -0.508 e. The molecule has 0 spiro atoms. The Morgan fingerprint density at radius 2 is 1.91 bits per heavy atom. The van der Waals surface area contributed by atoms with Crippen LogP contribution in [0.3, 0.4) is 0 Å². The topological polar surface area (TPSA) is 68.2 Å². The van der Waals surface area contributed by atoms with E-state index in [2.05, 4.69) is 0 Å². The van der Waals surface area contributed by atoms with Crippen molar-refractivity contribution in [2.75, 3.05) is 32.9 Å². The number of benzene rings is 1. The van der Waals surface area contributed by atoms with Crippen LogP contribution in [0.15, 0.2) is 18.2 Å². The van der Waals surface area contributed by atoms with Gasteiger partial charge in [0.25, 0.3) is 5.91 Å². The van der Waals surface area contributed by atoms with E-state index in [-0.39, 0.29) is 18.3 Å². The van der Waals surface area contributed by atoms with Crippen LogP contribution >= 0.6 is 0 Å². The van der Waals surface area contributed by atoms with E-state index in [1.807, 2.05) is 4.90 Å². The predicted molar refractivity (Wildman–Crippen MR) is 81.6 cm³/mol. The highest BCUT2D eigenvalue weighted by Crippen LogP contribution is 2.36. The third kappa shape index (κ3) is 2.83. The lowest BCUT2D eigenvalue weighted by Crippen LogP contribution is -2.58. The number of fused-ring (bicyclic) bond motifs is 1. The molecule has 1 N–H and O–H groups in total. The van der Waals surface area contributed by atoms with Gasteiger partial charge in [0.2, 0.25) is 6.10 Å². The summed E-state index contributed by atoms with van der Waals surface area (Å²) in [4.78, 5) is 14.4. The molecule has 2 fully saturated rings. The smallest absolute Gasteiger partial charge is 0.267 e. The number of rotatable bonds is 2. The zero-order chi connectivity index (χ0) is 15.8. The molecule has 6 heteroatoms. The Kier molecular flexibility index (Phi) is 3.77. The van der Waals surface area contributed by atoms with Crippen LogP contribution in [0.1, 0.15) is 12.8 Å². The Bertz CT molecular complexity index is 593. The second-order valence-electron chi connectivity index (χ2n) is 6.50. The lowest BCUT2D eigenvalue weighted by Gasteiger charge is -2.45. The van der Waals surface area contributed by atoms with Crippen LogP contribution in [0.5, 0.6) is 17.2 Å². The molecule has 1 unspecified atom stereocenters. The monoisotopic (exact) mass is 319 g/mol. The summed E-state index contributed by atoms with van der Waals surface area (Å²) in [6, 6.07) is 4.67. The van der Waals surface area contributed by atoms with Gasteiger partial charge in [-0.25, -0.2) is 0 Å². The van der Waals surface area contributed by atoms with Crippen LogP contribution in [0.25, 0.3) is 0 Å². The third-order valence-corrected chi connectivity index (χ3v) is 5.02. The highest BCUT2D eigenvalue weighted by molar-refractivity contribution is 5.82. The molecule has 2 saturated heterocycles. The lowest BCUT2D eigenvalue weighted by atomic mass is 9.81. The fourth-order valence-corrected chi connectivity index (χ4v) is 3.56. The molecule has 4 rings (SSSR count). The summed E-state index contributed by atoms with van der Waals surface area (Å²) in [5, 5.41) is 9.52. The lowest BCUT2D eigenvalue weighted by molar-refractivity contribution is -0.150. The van der Waals surface area contributed by atoms with Crippen LogP contribution in [0.4, 0.5) is 0 Å². The fourth-order valence-electron chi connectivity index (χ4n) is 3.56. The number of aromatic hydroxyl groups is 1. The number of hydrogen-bond acceptors (Lipinski definition) is 5. The Morgan fingerprint density at radius 1 is 1.13 bits per heavy atom. The molecule has 1 aromatic rings. The van der Waals surface area contributed by atoms with Crippen LogP contribution in [0.2, 0.25) is 0 Å². The molecule has 124 valence electrons. The molecule has 3 aliphatic heterocycles. The van der Waals surface area contributed by atoms with Crippen molar-refractivity contribution in [2.45, 2.75) is 18.9 Å². The van der Waals surface area contributed by atoms with Crippen LogP contribution in [-0.2, 0) is 9.53 Å². The zero-order valence-corrected chi connectivity index (χ0v) is 12.9. The molecule has 1 aromatic carbocycles. The highest BCUT2D eigenvalue weighted by atomic mass is 16.6. The van der Waals surface area contributed by atoms with Crippen molar-refractivity contribution in [2.24, 2.45) is 11.8 Å². The predicted octanol–water partition coefficient (Wildman–Crippen LogP) is 1.42. The average Bonchev–Trinajstić information content (AvgIpc) is 2.53. The standard InChI is InChI=1S/C17H21NO5/c19-13-1-2-14-15(7-13)23-16(10-22-14)17(20)18-8-12(9-18)11-3-5-21-6-4-11/h1-2,7,11-12,16,19H,3-6,8-10H2. The van der Waals surface area contributed by atoms with Gasteiger partial charge in [0.1, 0.15) is 12.4 Å². The normalized spacial score (nSPS) is 25.0. The van der Waals surface area contributed by atoms with Crippen molar-refractivity contribution in [1.29, 1.82) is 0 Å². The Morgan fingerprint density at radius 3 is 2.70 bits per heavy atom. The largest absolute Gasteiger partial charge is 0.508 e. The van der Waals surface area contributed by atoms with Gasteiger partial charge in [0, 0.05) is 32.4 Å². The van der Waals surface area contributed by atoms with E-state index in [4.69, 9.17) is 14.2 Å². The second kappa shape index (κ2) is 5.92. The van der Waals surface area contributed by atoms with E-state index < -0.39 is 6.10 Å². The van der Waals surface area contributed by atoms with Crippen molar-refractivity contribution in [3.05, 3.63) is 18.2 Å². The molecule has 3 heterocycles. The van der Waals surface area contributed by atoms with E-state index in [0.29, 0.717) is 23.3 Å². The molecule has 0 aliphatic carbocycles. The fraction of sp³-hybridized carbons (Fsp3) is 0.588. The molecular formula is C17H21NO5. The van der Waals surface area contributed by atoms with Gasteiger partial charge >= 0.3 is 0 Å². The molecule has 3 aliphatic rings. The summed E-state index contributed by atoms with van der Waals surface area (Å²) in [5.41, 5.74) is 0. The van der Waals surface area contributed by atoms with Gasteiger partial charge < -0.3 is 24.2 Å². The summed E-state index contributed by atoms with van der Waals surface area (Å²) >= 11 is 0. The first-order chi connectivity index (χ1) is 11.2. The molecule has 0 bridgehead atoms. The molecule has 6 nitrogen and oxygen atoms in total. The van der Waals surface area contributed by atoms with E-state index in [0.717, 1.165) is 39.1 Å². The van der Waals surface area contributed by atoms with E-state index in [1.165, 1.54) is 12.1 Å². The number of ether oxygens (including phenoxy) is 3. The number of carbonyl (C=O) groups excluding carboxylic acids is 1. The molecule has 1 amide bonds. The van der Waals surface area contributed by atoms with E-state index >= 15 is 0 Å². The average molecular weight is 319 g/mol. The van der Waals surface area contributed by atoms with Crippen LogP contribution < -0.4 is 9.47 Å². The first-order valence-corrected chi connectivity index (χ1v) is 8.20. The van der Waals surface area contributed by atoms with Crippen molar-refractivity contribution >= 4 is 5.91 Å². The molecule has 1 atom stereocenters.